The van der Waals surface area contributed by atoms with E-state index < -0.39 is 0 Å². The number of phenolic OH excluding ortho intramolecular Hbond substituents is 1. The first-order valence-corrected chi connectivity index (χ1v) is 8.66. The molecule has 1 aliphatic rings. The number of thioether (sulfide) groups is 2. The molecule has 1 nitrogen and oxygen atoms in total. The molecule has 0 bridgehead atoms. The molecular formula is C14H20OS2. The van der Waals surface area contributed by atoms with Crippen molar-refractivity contribution in [3.63, 3.8) is 0 Å². The molecule has 1 N–H and O–H groups in total. The second-order valence-corrected chi connectivity index (χ2v) is 6.31. The molecule has 1 aromatic rings. The Balaban J connectivity index is 2.33. The molecule has 0 aliphatic heterocycles. The van der Waals surface area contributed by atoms with Crippen LogP contribution in [0.25, 0.3) is 0 Å². The van der Waals surface area contributed by atoms with Gasteiger partial charge in [0.25, 0.3) is 0 Å². The molecule has 1 aliphatic carbocycles. The number of benzene rings is 1. The van der Waals surface area contributed by atoms with Gasteiger partial charge in [-0.3, -0.25) is 0 Å². The van der Waals surface area contributed by atoms with Crippen LogP contribution in [0.5, 0.6) is 5.75 Å². The van der Waals surface area contributed by atoms with Gasteiger partial charge in [0.1, 0.15) is 5.75 Å². The van der Waals surface area contributed by atoms with E-state index in [1.54, 1.807) is 23.5 Å². The minimum Gasteiger partial charge on any atom is -0.506 e. The zero-order valence-corrected chi connectivity index (χ0v) is 12.2. The summed E-state index contributed by atoms with van der Waals surface area (Å²) in [7, 11) is 0. The van der Waals surface area contributed by atoms with Crippen molar-refractivity contribution in [2.45, 2.75) is 47.8 Å². The molecular weight excluding hydrogens is 248 g/mol. The van der Waals surface area contributed by atoms with Gasteiger partial charge in [-0.15, -0.1) is 23.5 Å². The van der Waals surface area contributed by atoms with Crippen molar-refractivity contribution >= 4 is 23.5 Å². The Morgan fingerprint density at radius 3 is 2.00 bits per heavy atom. The fourth-order valence-electron chi connectivity index (χ4n) is 2.59. The summed E-state index contributed by atoms with van der Waals surface area (Å²) in [6.07, 6.45) is 10.8. The van der Waals surface area contributed by atoms with E-state index in [2.05, 4.69) is 12.1 Å². The van der Waals surface area contributed by atoms with E-state index in [1.807, 2.05) is 12.5 Å². The topological polar surface area (TPSA) is 20.2 Å². The van der Waals surface area contributed by atoms with Crippen molar-refractivity contribution in [2.75, 3.05) is 12.5 Å². The van der Waals surface area contributed by atoms with Crippen molar-refractivity contribution < 1.29 is 5.11 Å². The first-order valence-electron chi connectivity index (χ1n) is 6.21. The Bertz CT molecular complexity index is 359. The molecule has 0 amide bonds. The van der Waals surface area contributed by atoms with Crippen LogP contribution in [0.3, 0.4) is 0 Å². The molecule has 1 aromatic carbocycles. The van der Waals surface area contributed by atoms with Crippen LogP contribution in [-0.4, -0.2) is 17.6 Å². The number of phenols is 1. The third-order valence-electron chi connectivity index (χ3n) is 3.58. The Morgan fingerprint density at radius 2 is 1.53 bits per heavy atom. The molecule has 0 atom stereocenters. The van der Waals surface area contributed by atoms with Gasteiger partial charge in [0.15, 0.2) is 0 Å². The average Bonchev–Trinajstić information content (AvgIpc) is 2.40. The second-order valence-electron chi connectivity index (χ2n) is 4.61. The summed E-state index contributed by atoms with van der Waals surface area (Å²) in [4.78, 5) is 2.05. The van der Waals surface area contributed by atoms with Gasteiger partial charge in [-0.1, -0.05) is 19.3 Å². The van der Waals surface area contributed by atoms with Crippen molar-refractivity contribution in [1.29, 1.82) is 0 Å². The third kappa shape index (κ3) is 2.94. The molecule has 2 rings (SSSR count). The highest BCUT2D eigenvalue weighted by Crippen LogP contribution is 2.41. The standard InChI is InChI=1S/C14H20OS2/c1-16-12-8-11(9-13(17-2)14(12)15)10-6-4-3-5-7-10/h8-10,15H,3-7H2,1-2H3. The van der Waals surface area contributed by atoms with Gasteiger partial charge in [-0.2, -0.15) is 0 Å². The molecule has 94 valence electrons. The van der Waals surface area contributed by atoms with Crippen molar-refractivity contribution in [1.82, 2.24) is 0 Å². The molecule has 0 spiro atoms. The summed E-state index contributed by atoms with van der Waals surface area (Å²) in [6.45, 7) is 0. The Kier molecular flexibility index (Phi) is 4.69. The second kappa shape index (κ2) is 6.05. The molecule has 3 heteroatoms. The first-order chi connectivity index (χ1) is 8.26. The molecule has 1 fully saturated rings. The number of hydrogen-bond donors (Lipinski definition) is 1. The molecule has 0 saturated heterocycles. The van der Waals surface area contributed by atoms with Crippen LogP contribution in [0, 0.1) is 0 Å². The smallest absolute Gasteiger partial charge is 0.142 e. The number of aromatic hydroxyl groups is 1. The van der Waals surface area contributed by atoms with Gasteiger partial charge >= 0.3 is 0 Å². The number of rotatable bonds is 3. The summed E-state index contributed by atoms with van der Waals surface area (Å²) in [5, 5.41) is 10.1. The quantitative estimate of drug-likeness (QED) is 0.789. The van der Waals surface area contributed by atoms with Gasteiger partial charge in [0, 0.05) is 0 Å². The van der Waals surface area contributed by atoms with E-state index in [0.717, 1.165) is 9.79 Å². The lowest BCUT2D eigenvalue weighted by Crippen LogP contribution is -2.04. The molecule has 17 heavy (non-hydrogen) atoms. The molecule has 1 saturated carbocycles. The van der Waals surface area contributed by atoms with E-state index in [0.29, 0.717) is 11.7 Å². The fourth-order valence-corrected chi connectivity index (χ4v) is 3.76. The SMILES string of the molecule is CSc1cc(C2CCCCC2)cc(SC)c1O. The van der Waals surface area contributed by atoms with Crippen molar-refractivity contribution in [2.24, 2.45) is 0 Å². The summed E-state index contributed by atoms with van der Waals surface area (Å²) < 4.78 is 0. The van der Waals surface area contributed by atoms with E-state index in [4.69, 9.17) is 0 Å². The summed E-state index contributed by atoms with van der Waals surface area (Å²) in [6, 6.07) is 4.38. The number of hydrogen-bond acceptors (Lipinski definition) is 3. The van der Waals surface area contributed by atoms with E-state index >= 15 is 0 Å². The van der Waals surface area contributed by atoms with Gasteiger partial charge < -0.3 is 5.11 Å². The zero-order chi connectivity index (χ0) is 12.3. The fraction of sp³-hybridized carbons (Fsp3) is 0.571. The molecule has 0 radical (unpaired) electrons. The maximum absolute atomic E-state index is 10.1. The minimum atomic E-state index is 0.463. The third-order valence-corrected chi connectivity index (χ3v) is 5.08. The predicted molar refractivity (Wildman–Crippen MR) is 77.5 cm³/mol. The first kappa shape index (κ1) is 13.2. The van der Waals surface area contributed by atoms with E-state index in [1.165, 1.54) is 37.7 Å². The lowest BCUT2D eigenvalue weighted by atomic mass is 9.84. The zero-order valence-electron chi connectivity index (χ0n) is 10.5. The summed E-state index contributed by atoms with van der Waals surface area (Å²) >= 11 is 3.28. The van der Waals surface area contributed by atoms with Crippen LogP contribution >= 0.6 is 23.5 Å². The Morgan fingerprint density at radius 1 is 1.00 bits per heavy atom. The van der Waals surface area contributed by atoms with Crippen LogP contribution < -0.4 is 0 Å². The Labute approximate surface area is 112 Å². The van der Waals surface area contributed by atoms with Gasteiger partial charge in [-0.05, 0) is 49.0 Å². The van der Waals surface area contributed by atoms with Crippen LogP contribution in [0.1, 0.15) is 43.6 Å². The predicted octanol–water partition coefficient (Wildman–Crippen LogP) is 4.88. The van der Waals surface area contributed by atoms with E-state index in [9.17, 15) is 5.11 Å². The van der Waals surface area contributed by atoms with Crippen molar-refractivity contribution in [3.8, 4) is 5.75 Å². The normalized spacial score (nSPS) is 17.3. The maximum atomic E-state index is 10.1. The van der Waals surface area contributed by atoms with Crippen LogP contribution in [-0.2, 0) is 0 Å². The highest BCUT2D eigenvalue weighted by molar-refractivity contribution is 7.99. The molecule has 0 heterocycles. The molecule has 0 unspecified atom stereocenters. The summed E-state index contributed by atoms with van der Waals surface area (Å²) in [5.74, 6) is 1.17. The lowest BCUT2D eigenvalue weighted by molar-refractivity contribution is 0.433. The minimum absolute atomic E-state index is 0.463. The van der Waals surface area contributed by atoms with Crippen LogP contribution in [0.4, 0.5) is 0 Å². The van der Waals surface area contributed by atoms with E-state index in [-0.39, 0.29) is 0 Å². The average molecular weight is 268 g/mol. The van der Waals surface area contributed by atoms with Crippen molar-refractivity contribution in [3.05, 3.63) is 17.7 Å². The van der Waals surface area contributed by atoms with Crippen LogP contribution in [0.15, 0.2) is 21.9 Å². The summed E-state index contributed by atoms with van der Waals surface area (Å²) in [5.41, 5.74) is 1.43. The highest BCUT2D eigenvalue weighted by Gasteiger charge is 2.18. The maximum Gasteiger partial charge on any atom is 0.142 e. The van der Waals surface area contributed by atoms with Gasteiger partial charge in [-0.25, -0.2) is 0 Å². The molecule has 0 aromatic heterocycles. The Hall–Kier alpha value is -0.280. The monoisotopic (exact) mass is 268 g/mol. The van der Waals surface area contributed by atoms with Crippen LogP contribution in [0.2, 0.25) is 0 Å². The lowest BCUT2D eigenvalue weighted by Gasteiger charge is -2.23. The van der Waals surface area contributed by atoms with Gasteiger partial charge in [0.05, 0.1) is 9.79 Å². The largest absolute Gasteiger partial charge is 0.506 e. The highest BCUT2D eigenvalue weighted by atomic mass is 32.2. The van der Waals surface area contributed by atoms with Gasteiger partial charge in [0.2, 0.25) is 0 Å².